The summed E-state index contributed by atoms with van der Waals surface area (Å²) in [6.07, 6.45) is 0.322. The van der Waals surface area contributed by atoms with E-state index in [-0.39, 0.29) is 30.2 Å². The summed E-state index contributed by atoms with van der Waals surface area (Å²) in [5.41, 5.74) is 1.41. The third kappa shape index (κ3) is 8.10. The van der Waals surface area contributed by atoms with Gasteiger partial charge in [0.15, 0.2) is 0 Å². The number of nitrogens with one attached hydrogen (secondary N) is 2. The number of ether oxygens (including phenoxy) is 2. The molecule has 3 amide bonds. The highest BCUT2D eigenvalue weighted by molar-refractivity contribution is 5.99. The molecule has 4 rings (SSSR count). The second kappa shape index (κ2) is 12.9. The number of hydrogen-bond acceptors (Lipinski definition) is 5. The molecular weight excluding hydrogens is 518 g/mol. The average Bonchev–Trinajstić information content (AvgIpc) is 3.66. The van der Waals surface area contributed by atoms with Crippen LogP contribution >= 0.6 is 0 Å². The molecular formula is C33H39N3O5. The third-order valence-electron chi connectivity index (χ3n) is 6.95. The SMILES string of the molecule is COc1ccc(NC(=O)C(c2ccccc2)N(C(=O)C(Cc2ccccc2)NC(=O)OC(C)(C)C)C2CC2C)cc1. The van der Waals surface area contributed by atoms with Crippen molar-refractivity contribution in [1.82, 2.24) is 10.2 Å². The highest BCUT2D eigenvalue weighted by Gasteiger charge is 2.48. The Balaban J connectivity index is 1.70. The van der Waals surface area contributed by atoms with E-state index < -0.39 is 23.8 Å². The Bertz CT molecular complexity index is 1320. The summed E-state index contributed by atoms with van der Waals surface area (Å²) in [5.74, 6) is 0.193. The summed E-state index contributed by atoms with van der Waals surface area (Å²) in [6.45, 7) is 7.37. The molecule has 2 N–H and O–H groups in total. The molecule has 4 unspecified atom stereocenters. The molecule has 0 radical (unpaired) electrons. The molecule has 0 saturated heterocycles. The first-order valence-electron chi connectivity index (χ1n) is 13.9. The van der Waals surface area contributed by atoms with Crippen LogP contribution in [-0.2, 0) is 20.7 Å². The Morgan fingerprint density at radius 3 is 2.05 bits per heavy atom. The fourth-order valence-corrected chi connectivity index (χ4v) is 4.81. The number of benzene rings is 3. The summed E-state index contributed by atoms with van der Waals surface area (Å²) in [4.78, 5) is 43.1. The van der Waals surface area contributed by atoms with Crippen LogP contribution in [0.4, 0.5) is 10.5 Å². The van der Waals surface area contributed by atoms with Crippen molar-refractivity contribution >= 4 is 23.6 Å². The predicted octanol–water partition coefficient (Wildman–Crippen LogP) is 5.75. The van der Waals surface area contributed by atoms with Crippen LogP contribution in [0.3, 0.4) is 0 Å². The maximum absolute atomic E-state index is 14.5. The van der Waals surface area contributed by atoms with Crippen molar-refractivity contribution in [2.24, 2.45) is 5.92 Å². The zero-order chi connectivity index (χ0) is 29.6. The minimum absolute atomic E-state index is 0.159. The first-order chi connectivity index (χ1) is 19.6. The van der Waals surface area contributed by atoms with Gasteiger partial charge in [-0.3, -0.25) is 9.59 Å². The van der Waals surface area contributed by atoms with Gasteiger partial charge in [0.05, 0.1) is 7.11 Å². The van der Waals surface area contributed by atoms with E-state index in [0.29, 0.717) is 17.0 Å². The highest BCUT2D eigenvalue weighted by Crippen LogP contribution is 2.41. The third-order valence-corrected chi connectivity index (χ3v) is 6.95. The monoisotopic (exact) mass is 557 g/mol. The van der Waals surface area contributed by atoms with Crippen LogP contribution in [0.15, 0.2) is 84.9 Å². The number of alkyl carbamates (subject to hydrolysis) is 1. The molecule has 41 heavy (non-hydrogen) atoms. The fraction of sp³-hybridized carbons (Fsp3) is 0.364. The number of methoxy groups -OCH3 is 1. The molecule has 8 nitrogen and oxygen atoms in total. The van der Waals surface area contributed by atoms with Gasteiger partial charge < -0.3 is 25.0 Å². The van der Waals surface area contributed by atoms with E-state index in [9.17, 15) is 14.4 Å². The highest BCUT2D eigenvalue weighted by atomic mass is 16.6. The lowest BCUT2D eigenvalue weighted by Crippen LogP contribution is -2.54. The van der Waals surface area contributed by atoms with E-state index in [1.165, 1.54) is 0 Å². The van der Waals surface area contributed by atoms with Gasteiger partial charge in [-0.25, -0.2) is 4.79 Å². The molecule has 0 bridgehead atoms. The molecule has 1 aliphatic carbocycles. The maximum atomic E-state index is 14.5. The Morgan fingerprint density at radius 2 is 1.51 bits per heavy atom. The molecule has 0 spiro atoms. The number of hydrogen-bond donors (Lipinski definition) is 2. The first kappa shape index (κ1) is 29.6. The van der Waals surface area contributed by atoms with Gasteiger partial charge in [0.25, 0.3) is 5.91 Å². The number of carbonyl (C=O) groups is 3. The van der Waals surface area contributed by atoms with Crippen molar-refractivity contribution in [2.45, 2.75) is 64.3 Å². The number of amides is 3. The van der Waals surface area contributed by atoms with Crippen LogP contribution in [0.25, 0.3) is 0 Å². The largest absolute Gasteiger partial charge is 0.497 e. The van der Waals surface area contributed by atoms with E-state index in [1.54, 1.807) is 57.0 Å². The van der Waals surface area contributed by atoms with Crippen molar-refractivity contribution < 1.29 is 23.9 Å². The number of carbonyl (C=O) groups excluding carboxylic acids is 3. The lowest BCUT2D eigenvalue weighted by molar-refractivity contribution is -0.141. The van der Waals surface area contributed by atoms with Crippen LogP contribution in [0.2, 0.25) is 0 Å². The number of anilines is 1. The normalized spacial score (nSPS) is 17.5. The summed E-state index contributed by atoms with van der Waals surface area (Å²) in [5, 5.41) is 5.79. The van der Waals surface area contributed by atoms with Gasteiger partial charge in [-0.05, 0) is 68.5 Å². The van der Waals surface area contributed by atoms with Gasteiger partial charge in [0, 0.05) is 18.2 Å². The van der Waals surface area contributed by atoms with Crippen LogP contribution in [-0.4, -0.2) is 47.6 Å². The Labute approximate surface area is 242 Å². The van der Waals surface area contributed by atoms with Gasteiger partial charge in [-0.15, -0.1) is 0 Å². The van der Waals surface area contributed by atoms with E-state index >= 15 is 0 Å². The predicted molar refractivity (Wildman–Crippen MR) is 159 cm³/mol. The molecule has 0 heterocycles. The lowest BCUT2D eigenvalue weighted by Gasteiger charge is -2.35. The molecule has 4 atom stereocenters. The minimum atomic E-state index is -0.944. The van der Waals surface area contributed by atoms with E-state index in [1.807, 2.05) is 60.7 Å². The number of nitrogens with zero attached hydrogens (tertiary/aromatic N) is 1. The fourth-order valence-electron chi connectivity index (χ4n) is 4.81. The molecule has 0 aromatic heterocycles. The average molecular weight is 558 g/mol. The van der Waals surface area contributed by atoms with Crippen molar-refractivity contribution in [3.63, 3.8) is 0 Å². The van der Waals surface area contributed by atoms with Crippen LogP contribution < -0.4 is 15.4 Å². The van der Waals surface area contributed by atoms with Gasteiger partial charge >= 0.3 is 6.09 Å². The Morgan fingerprint density at radius 1 is 0.927 bits per heavy atom. The molecule has 3 aromatic carbocycles. The zero-order valence-corrected chi connectivity index (χ0v) is 24.3. The molecule has 1 fully saturated rings. The molecule has 1 aliphatic rings. The summed E-state index contributed by atoms with van der Waals surface area (Å²) >= 11 is 0. The molecule has 1 saturated carbocycles. The van der Waals surface area contributed by atoms with Gasteiger partial charge in [-0.2, -0.15) is 0 Å². The topological polar surface area (TPSA) is 97.0 Å². The molecule has 8 heteroatoms. The van der Waals surface area contributed by atoms with Crippen LogP contribution in [0.1, 0.15) is 51.3 Å². The van der Waals surface area contributed by atoms with Gasteiger partial charge in [0.1, 0.15) is 23.4 Å². The van der Waals surface area contributed by atoms with E-state index in [2.05, 4.69) is 17.6 Å². The quantitative estimate of drug-likeness (QED) is 0.331. The summed E-state index contributed by atoms with van der Waals surface area (Å²) < 4.78 is 10.8. The second-order valence-corrected chi connectivity index (χ2v) is 11.4. The number of rotatable bonds is 10. The lowest BCUT2D eigenvalue weighted by atomic mass is 9.99. The van der Waals surface area contributed by atoms with E-state index in [0.717, 1.165) is 12.0 Å². The first-order valence-corrected chi connectivity index (χ1v) is 13.9. The van der Waals surface area contributed by atoms with Crippen molar-refractivity contribution in [1.29, 1.82) is 0 Å². The maximum Gasteiger partial charge on any atom is 0.408 e. The summed E-state index contributed by atoms with van der Waals surface area (Å²) in [6, 6.07) is 23.8. The zero-order valence-electron chi connectivity index (χ0n) is 24.3. The summed E-state index contributed by atoms with van der Waals surface area (Å²) in [7, 11) is 1.58. The van der Waals surface area contributed by atoms with Crippen molar-refractivity contribution in [2.75, 3.05) is 12.4 Å². The van der Waals surface area contributed by atoms with Crippen LogP contribution in [0, 0.1) is 5.92 Å². The molecule has 3 aromatic rings. The van der Waals surface area contributed by atoms with Crippen molar-refractivity contribution in [3.8, 4) is 5.75 Å². The second-order valence-electron chi connectivity index (χ2n) is 11.4. The van der Waals surface area contributed by atoms with Crippen molar-refractivity contribution in [3.05, 3.63) is 96.1 Å². The van der Waals surface area contributed by atoms with Gasteiger partial charge in [0.2, 0.25) is 5.91 Å². The molecule has 216 valence electrons. The Hall–Kier alpha value is -4.33. The standard InChI is InChI=1S/C33H39N3O5/c1-22-20-28(22)36(31(38)27(21-23-12-8-6-9-13-23)35-32(39)41-33(2,3)4)29(24-14-10-7-11-15-24)30(37)34-25-16-18-26(40-5)19-17-25/h6-19,22,27-29H,20-21H2,1-5H3,(H,34,37)(H,35,39). The van der Waals surface area contributed by atoms with E-state index in [4.69, 9.17) is 9.47 Å². The Kier molecular flexibility index (Phi) is 9.32. The minimum Gasteiger partial charge on any atom is -0.497 e. The van der Waals surface area contributed by atoms with Crippen LogP contribution in [0.5, 0.6) is 5.75 Å². The van der Waals surface area contributed by atoms with Gasteiger partial charge in [-0.1, -0.05) is 67.6 Å². The molecule has 0 aliphatic heterocycles. The smallest absolute Gasteiger partial charge is 0.408 e.